The standard InChI is InChI=1S/C23H30N2O5/c1-5-25(6-2)12-13-29-20-14-16(10-11-18(20)28-4)24-23(27)22-15(3)21-17(26)8-7-9-19(21)30-22/h10-11,14H,5-9,12-13H2,1-4H3,(H,24,27). The number of carbonyl (C=O) groups excluding carboxylic acids is 2. The highest BCUT2D eigenvalue weighted by atomic mass is 16.5. The number of ketones is 1. The van der Waals surface area contributed by atoms with Gasteiger partial charge >= 0.3 is 0 Å². The number of furan rings is 1. The van der Waals surface area contributed by atoms with Crippen molar-refractivity contribution < 1.29 is 23.5 Å². The Hall–Kier alpha value is -2.80. The number of fused-ring (bicyclic) bond motifs is 1. The first kappa shape index (κ1) is 21.9. The Bertz CT molecular complexity index is 915. The van der Waals surface area contributed by atoms with Crippen molar-refractivity contribution in [2.45, 2.75) is 40.0 Å². The van der Waals surface area contributed by atoms with E-state index in [-0.39, 0.29) is 17.5 Å². The molecule has 1 aliphatic rings. The number of nitrogens with zero attached hydrogens (tertiary/aromatic N) is 1. The highest BCUT2D eigenvalue weighted by molar-refractivity contribution is 6.07. The number of ether oxygens (including phenoxy) is 2. The molecule has 7 heteroatoms. The Morgan fingerprint density at radius 1 is 1.20 bits per heavy atom. The van der Waals surface area contributed by atoms with Crippen LogP contribution in [0.3, 0.4) is 0 Å². The SMILES string of the molecule is CCN(CC)CCOc1cc(NC(=O)c2oc3c(c2C)C(=O)CCC3)ccc1OC. The van der Waals surface area contributed by atoms with Crippen LogP contribution in [0, 0.1) is 6.92 Å². The van der Waals surface area contributed by atoms with Crippen LogP contribution in [-0.4, -0.2) is 49.9 Å². The van der Waals surface area contributed by atoms with Crippen molar-refractivity contribution in [3.8, 4) is 11.5 Å². The van der Waals surface area contributed by atoms with E-state index in [0.29, 0.717) is 53.5 Å². The summed E-state index contributed by atoms with van der Waals surface area (Å²) in [7, 11) is 1.58. The Kier molecular flexibility index (Phi) is 7.15. The highest BCUT2D eigenvalue weighted by Crippen LogP contribution is 2.32. The smallest absolute Gasteiger partial charge is 0.291 e. The van der Waals surface area contributed by atoms with Crippen molar-refractivity contribution in [1.82, 2.24) is 4.90 Å². The number of rotatable bonds is 9. The van der Waals surface area contributed by atoms with E-state index in [9.17, 15) is 9.59 Å². The summed E-state index contributed by atoms with van der Waals surface area (Å²) >= 11 is 0. The first-order chi connectivity index (χ1) is 14.5. The van der Waals surface area contributed by atoms with Crippen molar-refractivity contribution in [3.05, 3.63) is 40.8 Å². The third-order valence-electron chi connectivity index (χ3n) is 5.49. The van der Waals surface area contributed by atoms with Gasteiger partial charge in [-0.3, -0.25) is 9.59 Å². The molecule has 0 saturated heterocycles. The summed E-state index contributed by atoms with van der Waals surface area (Å²) in [6, 6.07) is 5.24. The van der Waals surface area contributed by atoms with Crippen LogP contribution in [0.4, 0.5) is 5.69 Å². The molecule has 30 heavy (non-hydrogen) atoms. The monoisotopic (exact) mass is 414 g/mol. The van der Waals surface area contributed by atoms with Gasteiger partial charge < -0.3 is 24.1 Å². The van der Waals surface area contributed by atoms with Gasteiger partial charge in [-0.1, -0.05) is 13.8 Å². The summed E-state index contributed by atoms with van der Waals surface area (Å²) in [5.41, 5.74) is 1.75. The summed E-state index contributed by atoms with van der Waals surface area (Å²) < 4.78 is 17.0. The molecule has 0 unspecified atom stereocenters. The Morgan fingerprint density at radius 2 is 1.97 bits per heavy atom. The molecular formula is C23H30N2O5. The molecule has 0 spiro atoms. The molecule has 0 radical (unpaired) electrons. The molecule has 3 rings (SSSR count). The van der Waals surface area contributed by atoms with Crippen molar-refractivity contribution in [2.24, 2.45) is 0 Å². The second-order valence-corrected chi connectivity index (χ2v) is 7.33. The number of benzene rings is 1. The minimum atomic E-state index is -0.381. The van der Waals surface area contributed by atoms with Gasteiger partial charge in [-0.2, -0.15) is 0 Å². The molecule has 0 aliphatic heterocycles. The highest BCUT2D eigenvalue weighted by Gasteiger charge is 2.28. The Labute approximate surface area is 177 Å². The molecule has 1 aliphatic carbocycles. The predicted octanol–water partition coefficient (Wildman–Crippen LogP) is 4.09. The van der Waals surface area contributed by atoms with Gasteiger partial charge in [-0.05, 0) is 38.6 Å². The predicted molar refractivity (Wildman–Crippen MR) is 115 cm³/mol. The molecule has 0 saturated carbocycles. The molecule has 1 aromatic heterocycles. The minimum absolute atomic E-state index is 0.0462. The zero-order valence-corrected chi connectivity index (χ0v) is 18.2. The first-order valence-electron chi connectivity index (χ1n) is 10.5. The quantitative estimate of drug-likeness (QED) is 0.666. The van der Waals surface area contributed by atoms with Crippen LogP contribution in [0.5, 0.6) is 11.5 Å². The van der Waals surface area contributed by atoms with Crippen LogP contribution >= 0.6 is 0 Å². The molecule has 1 aromatic carbocycles. The van der Waals surface area contributed by atoms with Crippen LogP contribution in [-0.2, 0) is 6.42 Å². The topological polar surface area (TPSA) is 81.0 Å². The number of likely N-dealkylation sites (N-methyl/N-ethyl adjacent to an activating group) is 1. The van der Waals surface area contributed by atoms with Crippen LogP contribution in [0.2, 0.25) is 0 Å². The van der Waals surface area contributed by atoms with Crippen molar-refractivity contribution in [2.75, 3.05) is 38.7 Å². The number of amides is 1. The van der Waals surface area contributed by atoms with Gasteiger partial charge in [0, 0.05) is 36.7 Å². The van der Waals surface area contributed by atoms with Crippen LogP contribution in [0.15, 0.2) is 22.6 Å². The fourth-order valence-electron chi connectivity index (χ4n) is 3.74. The lowest BCUT2D eigenvalue weighted by Crippen LogP contribution is -2.28. The second kappa shape index (κ2) is 9.80. The lowest BCUT2D eigenvalue weighted by molar-refractivity contribution is 0.0963. The zero-order chi connectivity index (χ0) is 21.7. The summed E-state index contributed by atoms with van der Waals surface area (Å²) in [6.45, 7) is 9.23. The van der Waals surface area contributed by atoms with E-state index in [0.717, 1.165) is 26.1 Å². The van der Waals surface area contributed by atoms with Gasteiger partial charge in [-0.15, -0.1) is 0 Å². The molecule has 0 fully saturated rings. The Morgan fingerprint density at radius 3 is 2.63 bits per heavy atom. The summed E-state index contributed by atoms with van der Waals surface area (Å²) in [5, 5.41) is 2.85. The third-order valence-corrected chi connectivity index (χ3v) is 5.49. The number of methoxy groups -OCH3 is 1. The first-order valence-corrected chi connectivity index (χ1v) is 10.5. The number of hydrogen-bond donors (Lipinski definition) is 1. The number of carbonyl (C=O) groups is 2. The molecule has 0 bridgehead atoms. The molecule has 1 amide bonds. The van der Waals surface area contributed by atoms with Gasteiger partial charge in [0.05, 0.1) is 12.7 Å². The number of Topliss-reactive ketones (excluding diaryl/α,β-unsaturated/α-hetero) is 1. The lowest BCUT2D eigenvalue weighted by Gasteiger charge is -2.19. The Balaban J connectivity index is 1.73. The summed E-state index contributed by atoms with van der Waals surface area (Å²) in [5.74, 6) is 1.63. The number of hydrogen-bond acceptors (Lipinski definition) is 6. The van der Waals surface area contributed by atoms with Gasteiger partial charge in [0.1, 0.15) is 12.4 Å². The van der Waals surface area contributed by atoms with Crippen LogP contribution in [0.25, 0.3) is 0 Å². The molecule has 1 heterocycles. The van der Waals surface area contributed by atoms with E-state index in [2.05, 4.69) is 24.1 Å². The van der Waals surface area contributed by atoms with E-state index >= 15 is 0 Å². The van der Waals surface area contributed by atoms with Gasteiger partial charge in [0.2, 0.25) is 0 Å². The van der Waals surface area contributed by atoms with E-state index in [4.69, 9.17) is 13.9 Å². The average Bonchev–Trinajstić information content (AvgIpc) is 3.09. The molecule has 7 nitrogen and oxygen atoms in total. The van der Waals surface area contributed by atoms with Crippen molar-refractivity contribution in [1.29, 1.82) is 0 Å². The van der Waals surface area contributed by atoms with Gasteiger partial charge in [0.25, 0.3) is 5.91 Å². The summed E-state index contributed by atoms with van der Waals surface area (Å²) in [6.07, 6.45) is 1.94. The van der Waals surface area contributed by atoms with Crippen molar-refractivity contribution >= 4 is 17.4 Å². The van der Waals surface area contributed by atoms with E-state index in [1.807, 2.05) is 0 Å². The van der Waals surface area contributed by atoms with Crippen molar-refractivity contribution in [3.63, 3.8) is 0 Å². The molecule has 162 valence electrons. The maximum Gasteiger partial charge on any atom is 0.291 e. The average molecular weight is 415 g/mol. The van der Waals surface area contributed by atoms with Crippen LogP contribution < -0.4 is 14.8 Å². The lowest BCUT2D eigenvalue weighted by atomic mass is 9.94. The zero-order valence-electron chi connectivity index (χ0n) is 18.2. The normalized spacial score (nSPS) is 13.3. The second-order valence-electron chi connectivity index (χ2n) is 7.33. The largest absolute Gasteiger partial charge is 0.493 e. The van der Waals surface area contributed by atoms with Gasteiger partial charge in [0.15, 0.2) is 23.0 Å². The molecule has 2 aromatic rings. The molecule has 1 N–H and O–H groups in total. The minimum Gasteiger partial charge on any atom is -0.493 e. The molecule has 0 atom stereocenters. The number of aryl methyl sites for hydroxylation is 1. The third kappa shape index (κ3) is 4.67. The fraction of sp³-hybridized carbons (Fsp3) is 0.478. The number of nitrogens with one attached hydrogen (secondary N) is 1. The van der Waals surface area contributed by atoms with E-state index < -0.39 is 0 Å². The van der Waals surface area contributed by atoms with E-state index in [1.54, 1.807) is 32.2 Å². The maximum atomic E-state index is 12.8. The fourth-order valence-corrected chi connectivity index (χ4v) is 3.74. The summed E-state index contributed by atoms with van der Waals surface area (Å²) in [4.78, 5) is 27.3. The van der Waals surface area contributed by atoms with E-state index in [1.165, 1.54) is 0 Å². The maximum absolute atomic E-state index is 12.8. The van der Waals surface area contributed by atoms with Gasteiger partial charge in [-0.25, -0.2) is 0 Å². The number of anilines is 1. The van der Waals surface area contributed by atoms with Crippen LogP contribution in [0.1, 0.15) is 58.9 Å². The molecular weight excluding hydrogens is 384 g/mol.